The standard InChI is InChI=1S/C31H36O5Si/c1-4-23-15-17-26(18-16-23)22-37(2,3)34-21-27-28(32-19-24-11-7-5-8-12-24)29(30-31(35-27)36-30)33-20-25-13-9-6-10-14-25/h4-18,27-31H,1,19-22H2,2-3H3/t27-,28-,29+,30-,31-/m1/s1. The van der Waals surface area contributed by atoms with Gasteiger partial charge in [0.2, 0.25) is 0 Å². The molecule has 2 fully saturated rings. The first-order chi connectivity index (χ1) is 18.0. The van der Waals surface area contributed by atoms with Gasteiger partial charge in [-0.2, -0.15) is 0 Å². The van der Waals surface area contributed by atoms with Crippen LogP contribution in [0.3, 0.4) is 0 Å². The maximum Gasteiger partial charge on any atom is 0.191 e. The topological polar surface area (TPSA) is 49.5 Å². The predicted molar refractivity (Wildman–Crippen MR) is 147 cm³/mol. The van der Waals surface area contributed by atoms with Gasteiger partial charge in [0, 0.05) is 0 Å². The second kappa shape index (κ2) is 11.9. The van der Waals surface area contributed by atoms with Gasteiger partial charge in [0.05, 0.1) is 19.8 Å². The van der Waals surface area contributed by atoms with Gasteiger partial charge >= 0.3 is 0 Å². The summed E-state index contributed by atoms with van der Waals surface area (Å²) in [7, 11) is -2.02. The van der Waals surface area contributed by atoms with Gasteiger partial charge in [-0.05, 0) is 41.4 Å². The zero-order chi connectivity index (χ0) is 25.7. The van der Waals surface area contributed by atoms with Gasteiger partial charge in [0.1, 0.15) is 24.4 Å². The molecule has 0 bridgehead atoms. The van der Waals surface area contributed by atoms with E-state index < -0.39 is 8.32 Å². The summed E-state index contributed by atoms with van der Waals surface area (Å²) in [5.41, 5.74) is 4.63. The molecule has 0 radical (unpaired) electrons. The molecule has 3 aromatic carbocycles. The first-order valence-corrected chi connectivity index (χ1v) is 16.1. The zero-order valence-electron chi connectivity index (χ0n) is 21.6. The summed E-state index contributed by atoms with van der Waals surface area (Å²) in [4.78, 5) is 0. The Labute approximate surface area is 221 Å². The predicted octanol–water partition coefficient (Wildman–Crippen LogP) is 5.93. The molecular formula is C31H36O5Si. The number of ether oxygens (including phenoxy) is 4. The maximum atomic E-state index is 6.59. The molecule has 5 atom stereocenters. The van der Waals surface area contributed by atoms with Gasteiger partial charge in [0.25, 0.3) is 0 Å². The Balaban J connectivity index is 1.26. The van der Waals surface area contributed by atoms with Crippen molar-refractivity contribution in [2.24, 2.45) is 0 Å². The van der Waals surface area contributed by atoms with E-state index >= 15 is 0 Å². The van der Waals surface area contributed by atoms with Crippen molar-refractivity contribution in [3.05, 3.63) is 114 Å². The quantitative estimate of drug-likeness (QED) is 0.221. The Morgan fingerprint density at radius 1 is 0.757 bits per heavy atom. The second-order valence-electron chi connectivity index (χ2n) is 10.4. The fourth-order valence-corrected chi connectivity index (χ4v) is 6.72. The minimum Gasteiger partial charge on any atom is -0.414 e. The van der Waals surface area contributed by atoms with E-state index in [-0.39, 0.29) is 30.7 Å². The summed E-state index contributed by atoms with van der Waals surface area (Å²) in [6.07, 6.45) is 0.680. The first-order valence-electron chi connectivity index (χ1n) is 13.0. The van der Waals surface area contributed by atoms with Gasteiger partial charge in [-0.3, -0.25) is 0 Å². The highest BCUT2D eigenvalue weighted by molar-refractivity contribution is 6.70. The van der Waals surface area contributed by atoms with Crippen LogP contribution in [0.2, 0.25) is 13.1 Å². The molecule has 5 rings (SSSR count). The third-order valence-electron chi connectivity index (χ3n) is 6.86. The van der Waals surface area contributed by atoms with E-state index in [0.717, 1.165) is 22.7 Å². The molecule has 0 amide bonds. The van der Waals surface area contributed by atoms with Crippen molar-refractivity contribution in [2.75, 3.05) is 6.61 Å². The summed E-state index contributed by atoms with van der Waals surface area (Å²) in [6, 6.07) is 29.8. The van der Waals surface area contributed by atoms with Crippen molar-refractivity contribution in [1.29, 1.82) is 0 Å². The van der Waals surface area contributed by atoms with Crippen LogP contribution < -0.4 is 0 Å². The van der Waals surface area contributed by atoms with E-state index in [1.165, 1.54) is 5.56 Å². The Morgan fingerprint density at radius 2 is 1.35 bits per heavy atom. The Bertz CT molecular complexity index is 1140. The number of rotatable bonds is 12. The normalized spacial score (nSPS) is 24.9. The molecule has 0 N–H and O–H groups in total. The van der Waals surface area contributed by atoms with Gasteiger partial charge in [-0.25, -0.2) is 0 Å². The van der Waals surface area contributed by atoms with Crippen molar-refractivity contribution in [3.8, 4) is 0 Å². The molecule has 3 aromatic rings. The number of hydrogen-bond donors (Lipinski definition) is 0. The molecule has 2 saturated heterocycles. The molecule has 2 aliphatic rings. The summed E-state index contributed by atoms with van der Waals surface area (Å²) in [5, 5.41) is 0. The molecule has 194 valence electrons. The lowest BCUT2D eigenvalue weighted by atomic mass is 10.0. The minimum atomic E-state index is -2.02. The molecule has 0 saturated carbocycles. The van der Waals surface area contributed by atoms with Gasteiger partial charge < -0.3 is 23.4 Å². The lowest BCUT2D eigenvalue weighted by Gasteiger charge is -2.37. The Morgan fingerprint density at radius 3 is 1.95 bits per heavy atom. The molecule has 0 aliphatic carbocycles. The van der Waals surface area contributed by atoms with Crippen molar-refractivity contribution < 1.29 is 23.4 Å². The lowest BCUT2D eigenvalue weighted by Crippen LogP contribution is -2.53. The molecule has 0 aromatic heterocycles. The van der Waals surface area contributed by atoms with E-state index in [1.807, 2.05) is 42.5 Å². The molecular weight excluding hydrogens is 480 g/mol. The van der Waals surface area contributed by atoms with Crippen molar-refractivity contribution in [3.63, 3.8) is 0 Å². The zero-order valence-corrected chi connectivity index (χ0v) is 22.6. The van der Waals surface area contributed by atoms with Crippen LogP contribution >= 0.6 is 0 Å². The highest BCUT2D eigenvalue weighted by Crippen LogP contribution is 2.39. The van der Waals surface area contributed by atoms with E-state index in [9.17, 15) is 0 Å². The summed E-state index contributed by atoms with van der Waals surface area (Å²) < 4.78 is 31.6. The van der Waals surface area contributed by atoms with E-state index in [2.05, 4.69) is 68.2 Å². The average Bonchev–Trinajstić information content (AvgIpc) is 3.70. The molecule has 0 unspecified atom stereocenters. The van der Waals surface area contributed by atoms with Crippen LogP contribution in [0.4, 0.5) is 0 Å². The number of benzene rings is 3. The number of fused-ring (bicyclic) bond motifs is 1. The van der Waals surface area contributed by atoms with E-state index in [0.29, 0.717) is 19.8 Å². The van der Waals surface area contributed by atoms with Crippen LogP contribution in [-0.4, -0.2) is 45.6 Å². The smallest absolute Gasteiger partial charge is 0.191 e. The van der Waals surface area contributed by atoms with Crippen LogP contribution in [0, 0.1) is 0 Å². The largest absolute Gasteiger partial charge is 0.414 e. The first kappa shape index (κ1) is 26.0. The number of epoxide rings is 1. The Kier molecular flexibility index (Phi) is 8.35. The summed E-state index contributed by atoms with van der Waals surface area (Å²) in [5.74, 6) is 0. The van der Waals surface area contributed by atoms with Crippen molar-refractivity contribution in [2.45, 2.75) is 63.1 Å². The van der Waals surface area contributed by atoms with E-state index in [1.54, 1.807) is 0 Å². The van der Waals surface area contributed by atoms with Crippen LogP contribution in [-0.2, 0) is 42.6 Å². The third-order valence-corrected chi connectivity index (χ3v) is 9.07. The monoisotopic (exact) mass is 516 g/mol. The van der Waals surface area contributed by atoms with Gasteiger partial charge in [0.15, 0.2) is 14.6 Å². The van der Waals surface area contributed by atoms with Crippen LogP contribution in [0.15, 0.2) is 91.5 Å². The molecule has 6 heteroatoms. The molecule has 2 aliphatic heterocycles. The van der Waals surface area contributed by atoms with E-state index in [4.69, 9.17) is 23.4 Å². The minimum absolute atomic E-state index is 0.116. The summed E-state index contributed by atoms with van der Waals surface area (Å²) in [6.45, 7) is 9.76. The lowest BCUT2D eigenvalue weighted by molar-refractivity contribution is -0.185. The maximum absolute atomic E-state index is 6.59. The summed E-state index contributed by atoms with van der Waals surface area (Å²) >= 11 is 0. The van der Waals surface area contributed by atoms with Crippen LogP contribution in [0.5, 0.6) is 0 Å². The van der Waals surface area contributed by atoms with Crippen LogP contribution in [0.25, 0.3) is 6.08 Å². The average molecular weight is 517 g/mol. The second-order valence-corrected chi connectivity index (χ2v) is 14.5. The van der Waals surface area contributed by atoms with Gasteiger partial charge in [-0.1, -0.05) is 97.6 Å². The third kappa shape index (κ3) is 7.05. The van der Waals surface area contributed by atoms with Crippen molar-refractivity contribution in [1.82, 2.24) is 0 Å². The fourth-order valence-electron chi connectivity index (χ4n) is 4.78. The van der Waals surface area contributed by atoms with Gasteiger partial charge in [-0.15, -0.1) is 0 Å². The molecule has 5 nitrogen and oxygen atoms in total. The highest BCUT2D eigenvalue weighted by Gasteiger charge is 2.58. The number of hydrogen-bond acceptors (Lipinski definition) is 5. The van der Waals surface area contributed by atoms with Crippen LogP contribution in [0.1, 0.15) is 22.3 Å². The molecule has 2 heterocycles. The molecule has 37 heavy (non-hydrogen) atoms. The highest BCUT2D eigenvalue weighted by atomic mass is 28.4. The SMILES string of the molecule is C=Cc1ccc(C[Si](C)(C)OC[C@H]2O[C@@H]3O[C@@H]3[C@@H](OCc3ccccc3)[C@@H]2OCc2ccccc2)cc1. The molecule has 0 spiro atoms. The fraction of sp³-hybridized carbons (Fsp3) is 0.355. The Hall–Kier alpha value is -2.58. The van der Waals surface area contributed by atoms with Crippen molar-refractivity contribution >= 4 is 14.4 Å².